The first-order valence-electron chi connectivity index (χ1n) is 3.21. The summed E-state index contributed by atoms with van der Waals surface area (Å²) in [5, 5.41) is 0. The molecule has 0 spiro atoms. The fraction of sp³-hybridized carbons (Fsp3) is 0.222. The Balaban J connectivity index is 3.03. The molecule has 0 bridgehead atoms. The molecule has 0 radical (unpaired) electrons. The monoisotopic (exact) mass is 134 g/mol. The van der Waals surface area contributed by atoms with E-state index in [9.17, 15) is 4.79 Å². The van der Waals surface area contributed by atoms with E-state index in [1.54, 1.807) is 13.0 Å². The van der Waals surface area contributed by atoms with Gasteiger partial charge in [-0.3, -0.25) is 4.79 Å². The second kappa shape index (κ2) is 2.25. The Morgan fingerprint density at radius 1 is 1.20 bits per heavy atom. The third kappa shape index (κ3) is 1.08. The smallest absolute Gasteiger partial charge is 0.181 e. The summed E-state index contributed by atoms with van der Waals surface area (Å²) < 4.78 is 0. The Morgan fingerprint density at radius 3 is 2.30 bits per heavy atom. The van der Waals surface area contributed by atoms with Gasteiger partial charge in [-0.2, -0.15) is 0 Å². The van der Waals surface area contributed by atoms with E-state index in [4.69, 9.17) is 0 Å². The lowest BCUT2D eigenvalue weighted by atomic mass is 9.97. The molecule has 52 valence electrons. The van der Waals surface area contributed by atoms with Gasteiger partial charge in [-0.25, -0.2) is 0 Å². The Morgan fingerprint density at radius 2 is 1.80 bits per heavy atom. The fourth-order valence-electron chi connectivity index (χ4n) is 0.849. The molecule has 10 heavy (non-hydrogen) atoms. The minimum atomic E-state index is 0.102. The van der Waals surface area contributed by atoms with Gasteiger partial charge in [-0.1, -0.05) is 6.58 Å². The van der Waals surface area contributed by atoms with Gasteiger partial charge >= 0.3 is 0 Å². The third-order valence-corrected chi connectivity index (χ3v) is 1.63. The van der Waals surface area contributed by atoms with Gasteiger partial charge < -0.3 is 0 Å². The largest absolute Gasteiger partial charge is 0.290 e. The normalized spacial score (nSPS) is 18.6. The Hall–Kier alpha value is -1.11. The molecular formula is C9H10O. The number of hydrogen-bond acceptors (Lipinski definition) is 1. The van der Waals surface area contributed by atoms with E-state index in [1.165, 1.54) is 0 Å². The minimum absolute atomic E-state index is 0.102. The van der Waals surface area contributed by atoms with Crippen molar-refractivity contribution in [2.24, 2.45) is 0 Å². The van der Waals surface area contributed by atoms with Crippen LogP contribution in [0.25, 0.3) is 0 Å². The highest BCUT2D eigenvalue weighted by Crippen LogP contribution is 2.17. The predicted octanol–water partition coefficient (Wildman–Crippen LogP) is 2.02. The third-order valence-electron chi connectivity index (χ3n) is 1.63. The van der Waals surface area contributed by atoms with Crippen LogP contribution in [0.5, 0.6) is 0 Å². The van der Waals surface area contributed by atoms with Crippen molar-refractivity contribution in [1.29, 1.82) is 0 Å². The molecule has 1 rings (SSSR count). The topological polar surface area (TPSA) is 17.1 Å². The Labute approximate surface area is 60.7 Å². The molecule has 1 aliphatic carbocycles. The second-order valence-corrected chi connectivity index (χ2v) is 2.54. The van der Waals surface area contributed by atoms with E-state index in [0.29, 0.717) is 0 Å². The van der Waals surface area contributed by atoms with Gasteiger partial charge in [0.25, 0.3) is 0 Å². The van der Waals surface area contributed by atoms with Crippen LogP contribution in [0, 0.1) is 0 Å². The van der Waals surface area contributed by atoms with Crippen LogP contribution in [0.15, 0.2) is 35.5 Å². The van der Waals surface area contributed by atoms with Crippen LogP contribution < -0.4 is 0 Å². The van der Waals surface area contributed by atoms with Gasteiger partial charge in [-0.15, -0.1) is 0 Å². The number of carbonyl (C=O) groups excluding carboxylic acids is 1. The van der Waals surface area contributed by atoms with Crippen molar-refractivity contribution >= 4 is 5.78 Å². The molecule has 0 fully saturated rings. The summed E-state index contributed by atoms with van der Waals surface area (Å²) in [4.78, 5) is 11.0. The van der Waals surface area contributed by atoms with Crippen LogP contribution >= 0.6 is 0 Å². The number of rotatable bonds is 0. The molecule has 0 atom stereocenters. The molecule has 1 nitrogen and oxygen atoms in total. The SMILES string of the molecule is C=C1C=C(C)C(=O)C=C1C. The number of carbonyl (C=O) groups is 1. The van der Waals surface area contributed by atoms with Crippen molar-refractivity contribution in [2.45, 2.75) is 13.8 Å². The maximum absolute atomic E-state index is 11.0. The molecule has 0 aromatic carbocycles. The van der Waals surface area contributed by atoms with Gasteiger partial charge in [-0.05, 0) is 42.7 Å². The summed E-state index contributed by atoms with van der Waals surface area (Å²) in [6, 6.07) is 0. The summed E-state index contributed by atoms with van der Waals surface area (Å²) in [6.45, 7) is 7.48. The van der Waals surface area contributed by atoms with Gasteiger partial charge in [0.2, 0.25) is 0 Å². The van der Waals surface area contributed by atoms with Crippen molar-refractivity contribution in [3.05, 3.63) is 35.5 Å². The molecule has 0 amide bonds. The molecule has 1 aliphatic rings. The van der Waals surface area contributed by atoms with Crippen LogP contribution in [0.3, 0.4) is 0 Å². The lowest BCUT2D eigenvalue weighted by molar-refractivity contribution is -0.111. The lowest BCUT2D eigenvalue weighted by Crippen LogP contribution is -2.02. The van der Waals surface area contributed by atoms with Crippen molar-refractivity contribution in [2.75, 3.05) is 0 Å². The Bertz CT molecular complexity index is 226. The van der Waals surface area contributed by atoms with E-state index < -0.39 is 0 Å². The van der Waals surface area contributed by atoms with E-state index in [-0.39, 0.29) is 5.78 Å². The van der Waals surface area contributed by atoms with Gasteiger partial charge in [0, 0.05) is 0 Å². The molecule has 0 aromatic heterocycles. The zero-order chi connectivity index (χ0) is 7.72. The average molecular weight is 134 g/mol. The molecule has 0 saturated heterocycles. The first-order valence-corrected chi connectivity index (χ1v) is 3.21. The van der Waals surface area contributed by atoms with Crippen LogP contribution in [0.4, 0.5) is 0 Å². The van der Waals surface area contributed by atoms with Gasteiger partial charge in [0.15, 0.2) is 5.78 Å². The quantitative estimate of drug-likeness (QED) is 0.495. The molecule has 0 saturated carbocycles. The number of allylic oxidation sites excluding steroid dienone is 5. The summed E-state index contributed by atoms with van der Waals surface area (Å²) in [5.41, 5.74) is 2.68. The maximum Gasteiger partial charge on any atom is 0.181 e. The molecule has 0 unspecified atom stereocenters. The van der Waals surface area contributed by atoms with Crippen molar-refractivity contribution in [3.8, 4) is 0 Å². The molecule has 0 aromatic rings. The van der Waals surface area contributed by atoms with Gasteiger partial charge in [0.1, 0.15) is 0 Å². The zero-order valence-corrected chi connectivity index (χ0v) is 6.27. The number of hydrogen-bond donors (Lipinski definition) is 0. The van der Waals surface area contributed by atoms with E-state index in [2.05, 4.69) is 6.58 Å². The number of ketones is 1. The summed E-state index contributed by atoms with van der Waals surface area (Å²) in [7, 11) is 0. The summed E-state index contributed by atoms with van der Waals surface area (Å²) in [6.07, 6.45) is 3.44. The van der Waals surface area contributed by atoms with Crippen LogP contribution in [0.1, 0.15) is 13.8 Å². The maximum atomic E-state index is 11.0. The summed E-state index contributed by atoms with van der Waals surface area (Å²) >= 11 is 0. The summed E-state index contributed by atoms with van der Waals surface area (Å²) in [5.74, 6) is 0.102. The second-order valence-electron chi connectivity index (χ2n) is 2.54. The van der Waals surface area contributed by atoms with Gasteiger partial charge in [0.05, 0.1) is 0 Å². The molecule has 1 heteroatoms. The lowest BCUT2D eigenvalue weighted by Gasteiger charge is -2.07. The zero-order valence-electron chi connectivity index (χ0n) is 6.27. The van der Waals surface area contributed by atoms with Crippen molar-refractivity contribution in [1.82, 2.24) is 0 Å². The predicted molar refractivity (Wildman–Crippen MR) is 41.7 cm³/mol. The fourth-order valence-corrected chi connectivity index (χ4v) is 0.849. The van der Waals surface area contributed by atoms with Crippen LogP contribution in [0.2, 0.25) is 0 Å². The van der Waals surface area contributed by atoms with E-state index >= 15 is 0 Å². The molecular weight excluding hydrogens is 124 g/mol. The highest BCUT2D eigenvalue weighted by molar-refractivity contribution is 6.06. The van der Waals surface area contributed by atoms with Crippen LogP contribution in [-0.2, 0) is 4.79 Å². The van der Waals surface area contributed by atoms with Crippen molar-refractivity contribution < 1.29 is 4.79 Å². The molecule has 0 aliphatic heterocycles. The standard InChI is InChI=1S/C9H10O/c1-6-4-8(3)9(10)5-7(6)2/h4-5H,1H2,2-3H3. The first kappa shape index (κ1) is 7.00. The minimum Gasteiger partial charge on any atom is -0.290 e. The highest BCUT2D eigenvalue weighted by Gasteiger charge is 2.08. The molecule has 0 heterocycles. The average Bonchev–Trinajstić information content (AvgIpc) is 1.84. The Kier molecular flexibility index (Phi) is 1.58. The first-order chi connectivity index (χ1) is 4.61. The highest BCUT2D eigenvalue weighted by atomic mass is 16.1. The van der Waals surface area contributed by atoms with E-state index in [0.717, 1.165) is 16.7 Å². The molecule has 0 N–H and O–H groups in total. The van der Waals surface area contributed by atoms with Crippen LogP contribution in [-0.4, -0.2) is 5.78 Å². The van der Waals surface area contributed by atoms with Crippen molar-refractivity contribution in [3.63, 3.8) is 0 Å². The van der Waals surface area contributed by atoms with E-state index in [1.807, 2.05) is 13.0 Å².